The molecule has 0 spiro atoms. The number of amides is 1. The number of nitrogens with zero attached hydrogens (tertiary/aromatic N) is 2. The Morgan fingerprint density at radius 2 is 2.39 bits per heavy atom. The number of halogens is 1. The van der Waals surface area contributed by atoms with E-state index in [1.165, 1.54) is 7.11 Å². The molecule has 1 amide bonds. The Morgan fingerprint density at radius 1 is 1.56 bits per heavy atom. The van der Waals surface area contributed by atoms with Crippen LogP contribution in [0.25, 0.3) is 5.69 Å². The Hall–Kier alpha value is -1.66. The predicted molar refractivity (Wildman–Crippen MR) is 70.6 cm³/mol. The van der Waals surface area contributed by atoms with Crippen LogP contribution in [-0.2, 0) is 4.74 Å². The molecule has 0 unspecified atom stereocenters. The van der Waals surface area contributed by atoms with Gasteiger partial charge in [-0.15, -0.1) is 0 Å². The molecular weight excluding hydrogens is 298 g/mol. The Morgan fingerprint density at radius 3 is 3.11 bits per heavy atom. The fourth-order valence-corrected chi connectivity index (χ4v) is 1.83. The van der Waals surface area contributed by atoms with Gasteiger partial charge in [0, 0.05) is 23.5 Å². The summed E-state index contributed by atoms with van der Waals surface area (Å²) in [6, 6.07) is 7.73. The zero-order chi connectivity index (χ0) is 13.0. The molecule has 6 heteroatoms. The van der Waals surface area contributed by atoms with Crippen molar-refractivity contribution in [3.05, 3.63) is 47.0 Å². The van der Waals surface area contributed by atoms with E-state index in [4.69, 9.17) is 4.74 Å². The Labute approximate surface area is 113 Å². The van der Waals surface area contributed by atoms with E-state index in [2.05, 4.69) is 26.2 Å². The van der Waals surface area contributed by atoms with Gasteiger partial charge in [0.05, 0.1) is 0 Å². The minimum absolute atomic E-state index is 0.169. The lowest BCUT2D eigenvalue weighted by Gasteiger charge is -2.02. The lowest BCUT2D eigenvalue weighted by Crippen LogP contribution is -2.25. The van der Waals surface area contributed by atoms with Crippen molar-refractivity contribution < 1.29 is 9.53 Å². The molecule has 0 aliphatic carbocycles. The Bertz CT molecular complexity index is 554. The molecule has 2 rings (SSSR count). The highest BCUT2D eigenvalue weighted by molar-refractivity contribution is 9.10. The summed E-state index contributed by atoms with van der Waals surface area (Å²) in [5.74, 6) is -0.259. The second-order valence-corrected chi connectivity index (χ2v) is 4.50. The van der Waals surface area contributed by atoms with Crippen LogP contribution in [0.3, 0.4) is 0 Å². The number of carbonyl (C=O) groups is 1. The van der Waals surface area contributed by atoms with E-state index in [-0.39, 0.29) is 12.6 Å². The average Bonchev–Trinajstić information content (AvgIpc) is 2.85. The first-order valence-corrected chi connectivity index (χ1v) is 6.07. The van der Waals surface area contributed by atoms with Crippen LogP contribution in [0.15, 0.2) is 41.3 Å². The van der Waals surface area contributed by atoms with Crippen molar-refractivity contribution in [3.63, 3.8) is 0 Å². The van der Waals surface area contributed by atoms with Gasteiger partial charge >= 0.3 is 0 Å². The van der Waals surface area contributed by atoms with Crippen LogP contribution < -0.4 is 5.32 Å². The number of hydrogen-bond acceptors (Lipinski definition) is 3. The fourth-order valence-electron chi connectivity index (χ4n) is 1.45. The van der Waals surface area contributed by atoms with Crippen LogP contribution >= 0.6 is 15.9 Å². The van der Waals surface area contributed by atoms with Crippen LogP contribution in [-0.4, -0.2) is 29.3 Å². The standard InChI is InChI=1S/C12H12BrN3O2/c1-18-8-15-12(17)11-6-16(7-14-11)10-4-2-3-9(13)5-10/h2-7H,8H2,1H3,(H,15,17). The second kappa shape index (κ2) is 5.79. The van der Waals surface area contributed by atoms with E-state index in [0.29, 0.717) is 5.69 Å². The van der Waals surface area contributed by atoms with Crippen LogP contribution in [0.2, 0.25) is 0 Å². The smallest absolute Gasteiger partial charge is 0.273 e. The Balaban J connectivity index is 2.17. The van der Waals surface area contributed by atoms with Crippen molar-refractivity contribution in [3.8, 4) is 5.69 Å². The summed E-state index contributed by atoms with van der Waals surface area (Å²) in [7, 11) is 1.51. The molecule has 1 heterocycles. The summed E-state index contributed by atoms with van der Waals surface area (Å²) in [6.07, 6.45) is 3.27. The highest BCUT2D eigenvalue weighted by Crippen LogP contribution is 2.15. The predicted octanol–water partition coefficient (Wildman–Crippen LogP) is 1.97. The van der Waals surface area contributed by atoms with Gasteiger partial charge in [-0.05, 0) is 18.2 Å². The summed E-state index contributed by atoms with van der Waals surface area (Å²) in [4.78, 5) is 15.7. The maximum Gasteiger partial charge on any atom is 0.273 e. The molecule has 0 saturated carbocycles. The minimum atomic E-state index is -0.259. The lowest BCUT2D eigenvalue weighted by atomic mass is 10.3. The first-order valence-electron chi connectivity index (χ1n) is 5.28. The van der Waals surface area contributed by atoms with Gasteiger partial charge in [0.15, 0.2) is 0 Å². The van der Waals surface area contributed by atoms with E-state index >= 15 is 0 Å². The Kier molecular flexibility index (Phi) is 4.11. The average molecular weight is 310 g/mol. The zero-order valence-electron chi connectivity index (χ0n) is 9.76. The van der Waals surface area contributed by atoms with Crippen LogP contribution in [0.5, 0.6) is 0 Å². The zero-order valence-corrected chi connectivity index (χ0v) is 11.3. The molecule has 1 aromatic carbocycles. The van der Waals surface area contributed by atoms with Gasteiger partial charge in [0.1, 0.15) is 18.8 Å². The number of nitrogens with one attached hydrogen (secondary N) is 1. The van der Waals surface area contributed by atoms with Gasteiger partial charge in [0.25, 0.3) is 5.91 Å². The van der Waals surface area contributed by atoms with E-state index in [9.17, 15) is 4.79 Å². The molecule has 0 radical (unpaired) electrons. The van der Waals surface area contributed by atoms with Crippen molar-refractivity contribution in [1.82, 2.24) is 14.9 Å². The molecule has 0 fully saturated rings. The number of carbonyl (C=O) groups excluding carboxylic acids is 1. The van der Waals surface area contributed by atoms with E-state index in [0.717, 1.165) is 10.2 Å². The number of methoxy groups -OCH3 is 1. The third-order valence-corrected chi connectivity index (χ3v) is 2.79. The highest BCUT2D eigenvalue weighted by Gasteiger charge is 2.09. The normalized spacial score (nSPS) is 10.3. The molecule has 94 valence electrons. The molecule has 2 aromatic rings. The number of aromatic nitrogens is 2. The summed E-state index contributed by atoms with van der Waals surface area (Å²) < 4.78 is 7.52. The van der Waals surface area contributed by atoms with Gasteiger partial charge in [0.2, 0.25) is 0 Å². The van der Waals surface area contributed by atoms with Crippen LogP contribution in [0.4, 0.5) is 0 Å². The SMILES string of the molecule is COCNC(=O)c1cn(-c2cccc(Br)c2)cn1. The van der Waals surface area contributed by atoms with Crippen molar-refractivity contribution in [2.24, 2.45) is 0 Å². The van der Waals surface area contributed by atoms with Crippen LogP contribution in [0, 0.1) is 0 Å². The van der Waals surface area contributed by atoms with Crippen LogP contribution in [0.1, 0.15) is 10.5 Å². The molecule has 0 aliphatic rings. The number of benzene rings is 1. The van der Waals surface area contributed by atoms with Crippen molar-refractivity contribution >= 4 is 21.8 Å². The maximum absolute atomic E-state index is 11.6. The molecule has 1 aromatic heterocycles. The minimum Gasteiger partial charge on any atom is -0.364 e. The number of hydrogen-bond donors (Lipinski definition) is 1. The second-order valence-electron chi connectivity index (χ2n) is 3.58. The molecule has 1 N–H and O–H groups in total. The number of rotatable bonds is 4. The summed E-state index contributed by atoms with van der Waals surface area (Å²) in [5.41, 5.74) is 1.29. The molecule has 0 aliphatic heterocycles. The summed E-state index contributed by atoms with van der Waals surface area (Å²) in [5, 5.41) is 2.58. The molecule has 0 bridgehead atoms. The largest absolute Gasteiger partial charge is 0.364 e. The van der Waals surface area contributed by atoms with Gasteiger partial charge in [-0.1, -0.05) is 22.0 Å². The molecule has 0 atom stereocenters. The lowest BCUT2D eigenvalue weighted by molar-refractivity contribution is 0.0867. The van der Waals surface area contributed by atoms with Crippen molar-refractivity contribution in [2.45, 2.75) is 0 Å². The van der Waals surface area contributed by atoms with E-state index in [1.807, 2.05) is 24.3 Å². The van der Waals surface area contributed by atoms with E-state index < -0.39 is 0 Å². The summed E-state index contributed by atoms with van der Waals surface area (Å²) in [6.45, 7) is 0.169. The molecule has 0 saturated heterocycles. The number of ether oxygens (including phenoxy) is 1. The highest BCUT2D eigenvalue weighted by atomic mass is 79.9. The van der Waals surface area contributed by atoms with Crippen molar-refractivity contribution in [1.29, 1.82) is 0 Å². The van der Waals surface area contributed by atoms with E-state index in [1.54, 1.807) is 17.1 Å². The van der Waals surface area contributed by atoms with Gasteiger partial charge in [-0.25, -0.2) is 4.98 Å². The third kappa shape index (κ3) is 2.96. The van der Waals surface area contributed by atoms with Gasteiger partial charge in [-0.2, -0.15) is 0 Å². The first-order chi connectivity index (χ1) is 8.70. The topological polar surface area (TPSA) is 56.1 Å². The molecule has 18 heavy (non-hydrogen) atoms. The number of imidazole rings is 1. The fraction of sp³-hybridized carbons (Fsp3) is 0.167. The summed E-state index contributed by atoms with van der Waals surface area (Å²) >= 11 is 3.40. The van der Waals surface area contributed by atoms with Gasteiger partial charge in [-0.3, -0.25) is 4.79 Å². The van der Waals surface area contributed by atoms with Gasteiger partial charge < -0.3 is 14.6 Å². The third-order valence-electron chi connectivity index (χ3n) is 2.30. The maximum atomic E-state index is 11.6. The van der Waals surface area contributed by atoms with Crippen molar-refractivity contribution in [2.75, 3.05) is 13.8 Å². The molecular formula is C12H12BrN3O2. The monoisotopic (exact) mass is 309 g/mol. The molecule has 5 nitrogen and oxygen atoms in total. The quantitative estimate of drug-likeness (QED) is 0.879. The first kappa shape index (κ1) is 12.8.